The lowest BCUT2D eigenvalue weighted by atomic mass is 10.2. The van der Waals surface area contributed by atoms with Gasteiger partial charge in [0.2, 0.25) is 5.91 Å². The Hall–Kier alpha value is -1.75. The Morgan fingerprint density at radius 1 is 1.39 bits per heavy atom. The van der Waals surface area contributed by atoms with Gasteiger partial charge in [-0.15, -0.1) is 11.3 Å². The highest BCUT2D eigenvalue weighted by Crippen LogP contribution is 2.20. The van der Waals surface area contributed by atoms with Crippen LogP contribution in [-0.4, -0.2) is 15.9 Å². The number of amides is 1. The van der Waals surface area contributed by atoms with Crippen molar-refractivity contribution in [3.8, 4) is 11.3 Å². The van der Waals surface area contributed by atoms with Gasteiger partial charge in [0.1, 0.15) is 5.01 Å². The fourth-order valence-electron chi connectivity index (χ4n) is 1.41. The fraction of sp³-hybridized carbons (Fsp3) is 0.308. The van der Waals surface area contributed by atoms with E-state index >= 15 is 0 Å². The molecule has 0 saturated heterocycles. The van der Waals surface area contributed by atoms with Gasteiger partial charge in [0.15, 0.2) is 0 Å². The summed E-state index contributed by atoms with van der Waals surface area (Å²) in [5, 5.41) is 5.76. The third kappa shape index (κ3) is 3.13. The van der Waals surface area contributed by atoms with Crippen LogP contribution in [0.25, 0.3) is 11.3 Å². The lowest BCUT2D eigenvalue weighted by Crippen LogP contribution is -2.26. The Bertz CT molecular complexity index is 522. The highest BCUT2D eigenvalue weighted by Gasteiger charge is 2.08. The normalized spacial score (nSPS) is 10.6. The van der Waals surface area contributed by atoms with Gasteiger partial charge >= 0.3 is 0 Å². The molecule has 2 aromatic rings. The van der Waals surface area contributed by atoms with E-state index in [9.17, 15) is 4.79 Å². The molecule has 1 amide bonds. The third-order valence-corrected chi connectivity index (χ3v) is 3.31. The predicted octanol–water partition coefficient (Wildman–Crippen LogP) is 2.48. The number of hydrogen-bond acceptors (Lipinski definition) is 4. The Balaban J connectivity index is 2.01. The maximum Gasteiger partial charge on any atom is 0.222 e. The first-order valence-corrected chi connectivity index (χ1v) is 6.67. The molecule has 0 aliphatic heterocycles. The van der Waals surface area contributed by atoms with Gasteiger partial charge in [-0.25, -0.2) is 4.98 Å². The van der Waals surface area contributed by atoms with Gasteiger partial charge in [0.05, 0.1) is 12.2 Å². The van der Waals surface area contributed by atoms with Crippen LogP contribution in [0, 0.1) is 5.92 Å². The van der Waals surface area contributed by atoms with Crippen LogP contribution >= 0.6 is 11.3 Å². The number of pyridine rings is 1. The first kappa shape index (κ1) is 12.7. The zero-order valence-corrected chi connectivity index (χ0v) is 11.2. The minimum atomic E-state index is 0.00429. The predicted molar refractivity (Wildman–Crippen MR) is 72.0 cm³/mol. The van der Waals surface area contributed by atoms with Gasteiger partial charge in [0, 0.05) is 29.3 Å². The average molecular weight is 261 g/mol. The molecular formula is C13H15N3OS. The summed E-state index contributed by atoms with van der Waals surface area (Å²) in [4.78, 5) is 19.9. The number of hydrogen-bond donors (Lipinski definition) is 1. The second-order valence-corrected chi connectivity index (χ2v) is 5.18. The van der Waals surface area contributed by atoms with Crippen molar-refractivity contribution in [3.63, 3.8) is 0 Å². The number of aromatic nitrogens is 2. The molecule has 0 spiro atoms. The molecule has 1 N–H and O–H groups in total. The molecule has 2 heterocycles. The van der Waals surface area contributed by atoms with Gasteiger partial charge in [0.25, 0.3) is 0 Å². The van der Waals surface area contributed by atoms with Gasteiger partial charge in [-0.1, -0.05) is 13.8 Å². The molecule has 0 atom stereocenters. The Morgan fingerprint density at radius 2 is 2.11 bits per heavy atom. The largest absolute Gasteiger partial charge is 0.349 e. The number of nitrogens with zero attached hydrogens (tertiary/aromatic N) is 2. The second-order valence-electron chi connectivity index (χ2n) is 4.23. The Kier molecular flexibility index (Phi) is 4.04. The molecule has 0 fully saturated rings. The van der Waals surface area contributed by atoms with E-state index in [1.165, 1.54) is 0 Å². The van der Waals surface area contributed by atoms with Crippen LogP contribution in [0.1, 0.15) is 18.9 Å². The topological polar surface area (TPSA) is 54.9 Å². The van der Waals surface area contributed by atoms with Crippen LogP contribution in [0.15, 0.2) is 29.9 Å². The summed E-state index contributed by atoms with van der Waals surface area (Å²) in [6.45, 7) is 4.24. The van der Waals surface area contributed by atoms with Crippen LogP contribution < -0.4 is 5.32 Å². The van der Waals surface area contributed by atoms with E-state index in [2.05, 4.69) is 15.3 Å². The van der Waals surface area contributed by atoms with Gasteiger partial charge in [-0.2, -0.15) is 0 Å². The molecule has 5 heteroatoms. The summed E-state index contributed by atoms with van der Waals surface area (Å²) >= 11 is 1.55. The van der Waals surface area contributed by atoms with Crippen molar-refractivity contribution >= 4 is 17.2 Å². The van der Waals surface area contributed by atoms with Gasteiger partial charge in [-0.05, 0) is 12.1 Å². The Morgan fingerprint density at radius 3 is 2.78 bits per heavy atom. The van der Waals surface area contributed by atoms with Crippen molar-refractivity contribution in [2.24, 2.45) is 5.92 Å². The van der Waals surface area contributed by atoms with Gasteiger partial charge in [-0.3, -0.25) is 9.78 Å². The summed E-state index contributed by atoms with van der Waals surface area (Å²) in [6, 6.07) is 3.84. The average Bonchev–Trinajstić information content (AvgIpc) is 2.85. The van der Waals surface area contributed by atoms with Crippen LogP contribution in [0.2, 0.25) is 0 Å². The fourth-order valence-corrected chi connectivity index (χ4v) is 2.16. The van der Waals surface area contributed by atoms with Crippen LogP contribution in [0.4, 0.5) is 0 Å². The zero-order valence-electron chi connectivity index (χ0n) is 10.4. The second kappa shape index (κ2) is 5.73. The lowest BCUT2D eigenvalue weighted by molar-refractivity contribution is -0.124. The SMILES string of the molecule is CC(C)C(=O)NCc1nc(-c2ccncc2)cs1. The first-order valence-electron chi connectivity index (χ1n) is 5.79. The van der Waals surface area contributed by atoms with Gasteiger partial charge < -0.3 is 5.32 Å². The standard InChI is InChI=1S/C13H15N3OS/c1-9(2)13(17)15-7-12-16-11(8-18-12)10-3-5-14-6-4-10/h3-6,8-9H,7H2,1-2H3,(H,15,17). The quantitative estimate of drug-likeness (QED) is 0.920. The van der Waals surface area contributed by atoms with E-state index in [1.54, 1.807) is 23.7 Å². The molecular weight excluding hydrogens is 246 g/mol. The third-order valence-electron chi connectivity index (χ3n) is 2.47. The van der Waals surface area contributed by atoms with Crippen molar-refractivity contribution in [1.82, 2.24) is 15.3 Å². The molecule has 0 aromatic carbocycles. The molecule has 2 rings (SSSR count). The van der Waals surface area contributed by atoms with Crippen molar-refractivity contribution in [2.45, 2.75) is 20.4 Å². The highest BCUT2D eigenvalue weighted by molar-refractivity contribution is 7.09. The molecule has 94 valence electrons. The molecule has 0 bridgehead atoms. The Labute approximate surface area is 110 Å². The number of rotatable bonds is 4. The molecule has 0 aliphatic rings. The monoisotopic (exact) mass is 261 g/mol. The minimum absolute atomic E-state index is 0.00429. The van der Waals surface area contributed by atoms with E-state index in [0.717, 1.165) is 16.3 Å². The van der Waals surface area contributed by atoms with Crippen LogP contribution in [0.5, 0.6) is 0 Å². The summed E-state index contributed by atoms with van der Waals surface area (Å²) in [7, 11) is 0. The number of carbonyl (C=O) groups is 1. The van der Waals surface area contributed by atoms with Crippen molar-refractivity contribution < 1.29 is 4.79 Å². The molecule has 4 nitrogen and oxygen atoms in total. The van der Waals surface area contributed by atoms with E-state index in [-0.39, 0.29) is 11.8 Å². The summed E-state index contributed by atoms with van der Waals surface area (Å²) in [6.07, 6.45) is 3.49. The van der Waals surface area contributed by atoms with Crippen LogP contribution in [0.3, 0.4) is 0 Å². The van der Waals surface area contributed by atoms with E-state index < -0.39 is 0 Å². The number of nitrogens with one attached hydrogen (secondary N) is 1. The first-order chi connectivity index (χ1) is 8.66. The van der Waals surface area contributed by atoms with Crippen LogP contribution in [-0.2, 0) is 11.3 Å². The molecule has 0 unspecified atom stereocenters. The smallest absolute Gasteiger partial charge is 0.222 e. The van der Waals surface area contributed by atoms with E-state index in [1.807, 2.05) is 31.4 Å². The number of thiazole rings is 1. The molecule has 0 radical (unpaired) electrons. The zero-order chi connectivity index (χ0) is 13.0. The van der Waals surface area contributed by atoms with E-state index in [0.29, 0.717) is 6.54 Å². The molecule has 2 aromatic heterocycles. The van der Waals surface area contributed by atoms with Crippen molar-refractivity contribution in [3.05, 3.63) is 34.9 Å². The molecule has 18 heavy (non-hydrogen) atoms. The summed E-state index contributed by atoms with van der Waals surface area (Å²) in [5.74, 6) is 0.0558. The highest BCUT2D eigenvalue weighted by atomic mass is 32.1. The summed E-state index contributed by atoms with van der Waals surface area (Å²) in [5.41, 5.74) is 1.97. The molecule has 0 saturated carbocycles. The van der Waals surface area contributed by atoms with Crippen molar-refractivity contribution in [2.75, 3.05) is 0 Å². The number of carbonyl (C=O) groups excluding carboxylic acids is 1. The molecule has 0 aliphatic carbocycles. The summed E-state index contributed by atoms with van der Waals surface area (Å²) < 4.78 is 0. The minimum Gasteiger partial charge on any atom is -0.349 e. The lowest BCUT2D eigenvalue weighted by Gasteiger charge is -2.04. The maximum atomic E-state index is 11.5. The van der Waals surface area contributed by atoms with Crippen molar-refractivity contribution in [1.29, 1.82) is 0 Å². The maximum absolute atomic E-state index is 11.5. The van der Waals surface area contributed by atoms with E-state index in [4.69, 9.17) is 0 Å².